The zero-order valence-electron chi connectivity index (χ0n) is 30.5. The molecule has 278 valence electrons. The summed E-state index contributed by atoms with van der Waals surface area (Å²) < 4.78 is 37.7. The predicted molar refractivity (Wildman–Crippen MR) is 199 cm³/mol. The van der Waals surface area contributed by atoms with Crippen LogP contribution in [-0.2, 0) is 15.5 Å². The Morgan fingerprint density at radius 2 is 1.67 bits per heavy atom. The Hall–Kier alpha value is -5.10. The first-order valence-electron chi connectivity index (χ1n) is 19.1. The van der Waals surface area contributed by atoms with Gasteiger partial charge in [-0.1, -0.05) is 44.2 Å². The van der Waals surface area contributed by atoms with Gasteiger partial charge in [-0.15, -0.1) is 0 Å². The highest BCUT2D eigenvalue weighted by atomic mass is 19.3. The van der Waals surface area contributed by atoms with E-state index in [1.807, 2.05) is 49.1 Å². The summed E-state index contributed by atoms with van der Waals surface area (Å²) in [4.78, 5) is 44.3. The monoisotopic (exact) mass is 731 g/mol. The summed E-state index contributed by atoms with van der Waals surface area (Å²) in [6.45, 7) is 4.35. The number of nitrogens with zero attached hydrogens (tertiary/aromatic N) is 3. The molecule has 2 amide bonds. The van der Waals surface area contributed by atoms with Crippen molar-refractivity contribution in [3.05, 3.63) is 83.6 Å². The highest BCUT2D eigenvalue weighted by Gasteiger charge is 2.55. The number of fused-ring (bicyclic) bond motifs is 6. The number of halogens is 2. The lowest BCUT2D eigenvalue weighted by Gasteiger charge is -2.30. The number of piperidine rings is 1. The molecule has 4 N–H and O–H groups in total. The molecule has 4 heterocycles. The van der Waals surface area contributed by atoms with Crippen molar-refractivity contribution in [1.29, 1.82) is 0 Å². The van der Waals surface area contributed by atoms with Crippen LogP contribution in [0.3, 0.4) is 0 Å². The molecule has 54 heavy (non-hydrogen) atoms. The Morgan fingerprint density at radius 3 is 2.35 bits per heavy atom. The van der Waals surface area contributed by atoms with Gasteiger partial charge in [0, 0.05) is 29.3 Å². The van der Waals surface area contributed by atoms with Crippen molar-refractivity contribution < 1.29 is 23.1 Å². The number of likely N-dealkylation sites (tertiary alicyclic amines) is 1. The number of methoxy groups -OCH3 is 1. The average Bonchev–Trinajstić information content (AvgIpc) is 3.83. The van der Waals surface area contributed by atoms with Gasteiger partial charge in [0.05, 0.1) is 42.1 Å². The first-order valence-corrected chi connectivity index (χ1v) is 19.1. The van der Waals surface area contributed by atoms with Gasteiger partial charge in [0.15, 0.2) is 0 Å². The van der Waals surface area contributed by atoms with E-state index in [9.17, 15) is 9.59 Å². The molecule has 2 saturated carbocycles. The number of rotatable bonds is 7. The summed E-state index contributed by atoms with van der Waals surface area (Å²) in [5.74, 6) is -1.37. The van der Waals surface area contributed by atoms with E-state index in [-0.39, 0.29) is 40.5 Å². The fraction of sp³-hybridized carbons (Fsp3) is 0.429. The molecule has 1 spiro atoms. The highest BCUT2D eigenvalue weighted by molar-refractivity contribution is 5.88. The maximum atomic E-state index is 16.4. The van der Waals surface area contributed by atoms with Gasteiger partial charge in [0.1, 0.15) is 17.7 Å². The molecule has 2 bridgehead atoms. The van der Waals surface area contributed by atoms with Crippen molar-refractivity contribution in [3.8, 4) is 33.5 Å². The second kappa shape index (κ2) is 11.9. The molecular weight excluding hydrogens is 689 g/mol. The van der Waals surface area contributed by atoms with E-state index >= 15 is 8.78 Å². The number of aromatic amines is 2. The molecule has 3 aromatic carbocycles. The maximum Gasteiger partial charge on any atom is 0.407 e. The Kier molecular flexibility index (Phi) is 7.41. The molecular formula is C42H43F2N7O3. The Bertz CT molecular complexity index is 2340. The van der Waals surface area contributed by atoms with Gasteiger partial charge >= 0.3 is 6.09 Å². The first kappa shape index (κ1) is 33.5. The third-order valence-electron chi connectivity index (χ3n) is 12.9. The second-order valence-corrected chi connectivity index (χ2v) is 16.6. The molecule has 10 nitrogen and oxygen atoms in total. The minimum absolute atomic E-state index is 0.0101. The van der Waals surface area contributed by atoms with E-state index in [0.717, 1.165) is 47.2 Å². The second-order valence-electron chi connectivity index (χ2n) is 16.6. The number of amides is 2. The standard InChI is InChI=1S/C42H43F2N7O3/c1-21(2)35(50-40(53)54-3)39(52)51-20-41(12-13-41)18-34(51)37-45-19-33(49-37)24-6-10-28-27-9-5-22(15-29(27)42(43,44)30(28)16-24)23-7-11-31-32(17-23)48-38(47-31)36-25-4-8-26(14-25)46-36/h5-7,9-11,15-17,19,21,25-26,34-36,46H,4,8,12-14,18,20H2,1-3H3,(H,45,49)(H,47,48)(H,50,53). The fourth-order valence-electron chi connectivity index (χ4n) is 9.69. The number of nitrogens with one attached hydrogen (secondary N) is 4. The molecule has 5 aliphatic rings. The smallest absolute Gasteiger partial charge is 0.407 e. The zero-order valence-corrected chi connectivity index (χ0v) is 30.5. The Labute approximate surface area is 311 Å². The van der Waals surface area contributed by atoms with Crippen molar-refractivity contribution in [2.75, 3.05) is 13.7 Å². The van der Waals surface area contributed by atoms with Crippen molar-refractivity contribution in [2.24, 2.45) is 17.3 Å². The van der Waals surface area contributed by atoms with Crippen LogP contribution >= 0.6 is 0 Å². The number of hydrogen-bond donors (Lipinski definition) is 4. The van der Waals surface area contributed by atoms with Gasteiger partial charge in [-0.3, -0.25) is 4.79 Å². The normalized spacial score (nSPS) is 24.7. The van der Waals surface area contributed by atoms with E-state index < -0.39 is 18.1 Å². The number of carbonyl (C=O) groups is 2. The van der Waals surface area contributed by atoms with Gasteiger partial charge in [-0.05, 0) is 102 Å². The van der Waals surface area contributed by atoms with E-state index in [0.29, 0.717) is 46.7 Å². The van der Waals surface area contributed by atoms with E-state index in [4.69, 9.17) is 14.7 Å². The summed E-state index contributed by atoms with van der Waals surface area (Å²) in [6, 6.07) is 16.2. The minimum atomic E-state index is -3.20. The molecule has 5 unspecified atom stereocenters. The van der Waals surface area contributed by atoms with Crippen LogP contribution in [0.25, 0.3) is 44.5 Å². The number of benzene rings is 3. The lowest BCUT2D eigenvalue weighted by molar-refractivity contribution is -0.135. The molecule has 2 aliphatic heterocycles. The number of ether oxygens (including phenoxy) is 1. The Morgan fingerprint density at radius 1 is 0.944 bits per heavy atom. The van der Waals surface area contributed by atoms with Gasteiger partial charge in [-0.2, -0.15) is 8.78 Å². The predicted octanol–water partition coefficient (Wildman–Crippen LogP) is 7.99. The summed E-state index contributed by atoms with van der Waals surface area (Å²) >= 11 is 0. The van der Waals surface area contributed by atoms with Crippen LogP contribution in [0.5, 0.6) is 0 Å². The topological polar surface area (TPSA) is 128 Å². The number of hydrogen-bond acceptors (Lipinski definition) is 6. The van der Waals surface area contributed by atoms with Crippen LogP contribution in [0, 0.1) is 17.3 Å². The van der Waals surface area contributed by atoms with Crippen LogP contribution in [0.2, 0.25) is 0 Å². The molecule has 5 aromatic rings. The quantitative estimate of drug-likeness (QED) is 0.134. The summed E-state index contributed by atoms with van der Waals surface area (Å²) in [5.41, 5.74) is 5.58. The highest BCUT2D eigenvalue weighted by Crippen LogP contribution is 2.59. The van der Waals surface area contributed by atoms with Crippen LogP contribution in [-0.4, -0.2) is 62.6 Å². The van der Waals surface area contributed by atoms with Crippen LogP contribution in [0.4, 0.5) is 13.6 Å². The third kappa shape index (κ3) is 5.27. The molecule has 4 fully saturated rings. The number of carbonyl (C=O) groups excluding carboxylic acids is 2. The zero-order chi connectivity index (χ0) is 37.1. The molecule has 2 aromatic heterocycles. The lowest BCUT2D eigenvalue weighted by atomic mass is 9.98. The first-order chi connectivity index (χ1) is 26.0. The lowest BCUT2D eigenvalue weighted by Crippen LogP contribution is -2.51. The third-order valence-corrected chi connectivity index (χ3v) is 12.9. The van der Waals surface area contributed by atoms with E-state index in [1.54, 1.807) is 30.5 Å². The van der Waals surface area contributed by atoms with Crippen LogP contribution in [0.15, 0.2) is 60.8 Å². The van der Waals surface area contributed by atoms with Gasteiger partial charge < -0.3 is 30.2 Å². The summed E-state index contributed by atoms with van der Waals surface area (Å²) in [5, 5.41) is 6.41. The minimum Gasteiger partial charge on any atom is -0.453 e. The van der Waals surface area contributed by atoms with Gasteiger partial charge in [0.2, 0.25) is 5.91 Å². The average molecular weight is 732 g/mol. The fourth-order valence-corrected chi connectivity index (χ4v) is 9.69. The van der Waals surface area contributed by atoms with Crippen LogP contribution < -0.4 is 10.6 Å². The van der Waals surface area contributed by atoms with Crippen LogP contribution in [0.1, 0.15) is 87.2 Å². The number of aromatic nitrogens is 4. The van der Waals surface area contributed by atoms with Gasteiger partial charge in [-0.25, -0.2) is 14.8 Å². The molecule has 2 saturated heterocycles. The van der Waals surface area contributed by atoms with Crippen molar-refractivity contribution >= 4 is 23.0 Å². The SMILES string of the molecule is COC(=O)NC(C(=O)N1CC2(CC2)CC1c1ncc(-c2ccc3c(c2)C(F)(F)c2cc(-c4ccc5nc(C6NC7CCC6C7)[nH]c5c4)ccc2-3)[nH]1)C(C)C. The van der Waals surface area contributed by atoms with E-state index in [1.165, 1.54) is 26.4 Å². The maximum absolute atomic E-state index is 16.4. The number of alkyl carbamates (subject to hydrolysis) is 1. The summed E-state index contributed by atoms with van der Waals surface area (Å²) in [6.07, 6.45) is 7.46. The molecule has 5 atom stereocenters. The Balaban J connectivity index is 0.914. The summed E-state index contributed by atoms with van der Waals surface area (Å²) in [7, 11) is 1.28. The largest absolute Gasteiger partial charge is 0.453 e. The number of imidazole rings is 2. The van der Waals surface area contributed by atoms with Crippen molar-refractivity contribution in [3.63, 3.8) is 0 Å². The number of alkyl halides is 2. The molecule has 0 radical (unpaired) electrons. The van der Waals surface area contributed by atoms with Crippen molar-refractivity contribution in [1.82, 2.24) is 35.5 Å². The molecule has 10 rings (SSSR count). The molecule has 12 heteroatoms. The van der Waals surface area contributed by atoms with Gasteiger partial charge in [0.25, 0.3) is 5.92 Å². The number of H-pyrrole nitrogens is 2. The molecule has 3 aliphatic carbocycles. The van der Waals surface area contributed by atoms with E-state index in [2.05, 4.69) is 20.6 Å². The van der Waals surface area contributed by atoms with Crippen molar-refractivity contribution in [2.45, 2.75) is 82.5 Å².